The van der Waals surface area contributed by atoms with Gasteiger partial charge in [0, 0.05) is 28.1 Å². The van der Waals surface area contributed by atoms with Gasteiger partial charge < -0.3 is 15.1 Å². The predicted molar refractivity (Wildman–Crippen MR) is 124 cm³/mol. The van der Waals surface area contributed by atoms with Crippen LogP contribution in [0.1, 0.15) is 43.4 Å². The molecule has 1 heterocycles. The van der Waals surface area contributed by atoms with E-state index in [-0.39, 0.29) is 24.0 Å². The molecule has 31 heavy (non-hydrogen) atoms. The molecule has 2 aromatic carbocycles. The number of amides is 2. The van der Waals surface area contributed by atoms with Gasteiger partial charge in [0.15, 0.2) is 0 Å². The zero-order valence-electron chi connectivity index (χ0n) is 18.3. The van der Waals surface area contributed by atoms with Crippen LogP contribution >= 0.6 is 0 Å². The average Bonchev–Trinajstić information content (AvgIpc) is 3.08. The predicted octanol–water partition coefficient (Wildman–Crippen LogP) is 4.29. The minimum Gasteiger partial charge on any atom is -0.464 e. The topological polar surface area (TPSA) is 88.4 Å². The number of fused-ring (bicyclic) bond motifs is 1. The van der Waals surface area contributed by atoms with Crippen molar-refractivity contribution >= 4 is 39.3 Å². The Bertz CT molecular complexity index is 1130. The number of aryl methyl sites for hydroxylation is 1. The summed E-state index contributed by atoms with van der Waals surface area (Å²) >= 11 is 0. The minimum absolute atomic E-state index is 0.107. The Morgan fingerprint density at radius 1 is 1.13 bits per heavy atom. The van der Waals surface area contributed by atoms with Crippen molar-refractivity contribution in [1.82, 2.24) is 5.32 Å². The van der Waals surface area contributed by atoms with E-state index in [1.165, 1.54) is 11.1 Å². The highest BCUT2D eigenvalue weighted by Crippen LogP contribution is 2.29. The van der Waals surface area contributed by atoms with Gasteiger partial charge in [-0.25, -0.2) is 0 Å². The van der Waals surface area contributed by atoms with Crippen LogP contribution in [0.3, 0.4) is 0 Å². The second-order valence-corrected chi connectivity index (χ2v) is 9.27. The van der Waals surface area contributed by atoms with Crippen LogP contribution in [0.2, 0.25) is 0 Å². The van der Waals surface area contributed by atoms with E-state index in [0.29, 0.717) is 23.0 Å². The first-order valence-corrected chi connectivity index (χ1v) is 11.7. The van der Waals surface area contributed by atoms with E-state index < -0.39 is 10.8 Å². The summed E-state index contributed by atoms with van der Waals surface area (Å²) in [6.45, 7) is 8.65. The number of hydrogen-bond donors (Lipinski definition) is 2. The molecule has 3 aromatic rings. The highest BCUT2D eigenvalue weighted by Gasteiger charge is 2.15. The number of benzene rings is 2. The van der Waals surface area contributed by atoms with Crippen LogP contribution in [0.5, 0.6) is 0 Å². The maximum absolute atomic E-state index is 12.7. The van der Waals surface area contributed by atoms with Gasteiger partial charge in [0.1, 0.15) is 11.3 Å². The molecule has 1 atom stereocenters. The van der Waals surface area contributed by atoms with Gasteiger partial charge >= 0.3 is 0 Å². The van der Waals surface area contributed by atoms with E-state index in [0.717, 1.165) is 16.5 Å². The molecule has 2 amide bonds. The van der Waals surface area contributed by atoms with Gasteiger partial charge in [-0.3, -0.25) is 13.8 Å². The average molecular weight is 441 g/mol. The molecule has 0 saturated carbocycles. The molecule has 1 unspecified atom stereocenters. The van der Waals surface area contributed by atoms with Gasteiger partial charge in [0.2, 0.25) is 11.8 Å². The third-order valence-electron chi connectivity index (χ3n) is 5.03. The highest BCUT2D eigenvalue weighted by molar-refractivity contribution is 7.85. The fourth-order valence-electron chi connectivity index (χ4n) is 3.55. The van der Waals surface area contributed by atoms with Crippen LogP contribution in [0, 0.1) is 6.92 Å². The number of rotatable bonds is 8. The van der Waals surface area contributed by atoms with Crippen molar-refractivity contribution in [3.05, 3.63) is 59.4 Å². The van der Waals surface area contributed by atoms with Crippen LogP contribution in [-0.2, 0) is 26.8 Å². The minimum atomic E-state index is -1.48. The van der Waals surface area contributed by atoms with Crippen molar-refractivity contribution in [1.29, 1.82) is 0 Å². The highest BCUT2D eigenvalue weighted by atomic mass is 32.2. The zero-order valence-corrected chi connectivity index (χ0v) is 19.1. The molecular formula is C24H28N2O4S. The number of nitrogens with one attached hydrogen (secondary N) is 2. The summed E-state index contributed by atoms with van der Waals surface area (Å²) in [5, 5.41) is 6.43. The molecule has 0 spiro atoms. The molecule has 6 nitrogen and oxygen atoms in total. The first-order valence-electron chi connectivity index (χ1n) is 10.3. The molecule has 1 aromatic heterocycles. The Balaban J connectivity index is 1.72. The molecule has 2 N–H and O–H groups in total. The van der Waals surface area contributed by atoms with E-state index in [1.807, 2.05) is 13.0 Å². The first-order chi connectivity index (χ1) is 14.8. The van der Waals surface area contributed by atoms with Gasteiger partial charge in [-0.2, -0.15) is 0 Å². The van der Waals surface area contributed by atoms with E-state index in [4.69, 9.17) is 4.42 Å². The normalized spacial score (nSPS) is 12.2. The Morgan fingerprint density at radius 2 is 1.90 bits per heavy atom. The smallest absolute Gasteiger partial charge is 0.232 e. The number of carbonyl (C=O) groups is 2. The van der Waals surface area contributed by atoms with Crippen molar-refractivity contribution in [3.63, 3.8) is 0 Å². The largest absolute Gasteiger partial charge is 0.464 e. The lowest BCUT2D eigenvalue weighted by Gasteiger charge is -2.10. The van der Waals surface area contributed by atoms with Gasteiger partial charge in [-0.15, -0.1) is 0 Å². The van der Waals surface area contributed by atoms with Gasteiger partial charge in [0.05, 0.1) is 23.5 Å². The van der Waals surface area contributed by atoms with Gasteiger partial charge in [0.25, 0.3) is 0 Å². The number of carbonyl (C=O) groups excluding carboxylic acids is 2. The number of hydrogen-bond acceptors (Lipinski definition) is 4. The molecule has 164 valence electrons. The summed E-state index contributed by atoms with van der Waals surface area (Å²) in [5.41, 5.74) is 4.54. The van der Waals surface area contributed by atoms with E-state index in [1.54, 1.807) is 30.5 Å². The summed E-state index contributed by atoms with van der Waals surface area (Å²) in [4.78, 5) is 24.8. The third-order valence-corrected chi connectivity index (χ3v) is 6.34. The molecule has 3 rings (SSSR count). The SMILES string of the molecule is CCNC(=O)CS(=O)c1cccc(NC(=O)Cc2coc3cc(C)c(C(C)C)cc23)c1. The molecule has 7 heteroatoms. The quantitative estimate of drug-likeness (QED) is 0.547. The van der Waals surface area contributed by atoms with Crippen LogP contribution in [0.15, 0.2) is 52.0 Å². The summed E-state index contributed by atoms with van der Waals surface area (Å²) in [6, 6.07) is 10.9. The molecule has 0 aliphatic carbocycles. The van der Waals surface area contributed by atoms with Crippen molar-refractivity contribution in [2.24, 2.45) is 0 Å². The number of anilines is 1. The lowest BCUT2D eigenvalue weighted by molar-refractivity contribution is -0.118. The number of furan rings is 1. The molecule has 0 saturated heterocycles. The summed E-state index contributed by atoms with van der Waals surface area (Å²) < 4.78 is 18.1. The van der Waals surface area contributed by atoms with E-state index >= 15 is 0 Å². The fourth-order valence-corrected chi connectivity index (χ4v) is 4.54. The maximum atomic E-state index is 12.7. The Kier molecular flexibility index (Phi) is 7.28. The van der Waals surface area contributed by atoms with E-state index in [9.17, 15) is 13.8 Å². The van der Waals surface area contributed by atoms with Crippen LogP contribution < -0.4 is 10.6 Å². The molecule has 0 bridgehead atoms. The summed E-state index contributed by atoms with van der Waals surface area (Å²) in [7, 11) is -1.48. The van der Waals surface area contributed by atoms with Crippen molar-refractivity contribution in [2.45, 2.75) is 44.9 Å². The standard InChI is InChI=1S/C24H28N2O4S/c1-5-25-24(28)14-31(29)19-8-6-7-18(11-19)26-23(27)10-17-13-30-22-9-16(4)20(15(2)3)12-21(17)22/h6-9,11-13,15H,5,10,14H2,1-4H3,(H,25,28)(H,26,27). The lowest BCUT2D eigenvalue weighted by Crippen LogP contribution is -2.27. The second-order valence-electron chi connectivity index (χ2n) is 7.82. The first kappa shape index (κ1) is 22.7. The molecule has 0 radical (unpaired) electrons. The van der Waals surface area contributed by atoms with Gasteiger partial charge in [-0.05, 0) is 61.2 Å². The summed E-state index contributed by atoms with van der Waals surface area (Å²) in [6.07, 6.45) is 1.80. The summed E-state index contributed by atoms with van der Waals surface area (Å²) in [5.74, 6) is -0.188. The van der Waals surface area contributed by atoms with Crippen LogP contribution in [-0.4, -0.2) is 28.3 Å². The monoisotopic (exact) mass is 440 g/mol. The Hall–Kier alpha value is -2.93. The van der Waals surface area contributed by atoms with Crippen LogP contribution in [0.4, 0.5) is 5.69 Å². The lowest BCUT2D eigenvalue weighted by atomic mass is 9.95. The van der Waals surface area contributed by atoms with Crippen molar-refractivity contribution < 1.29 is 18.2 Å². The van der Waals surface area contributed by atoms with Crippen molar-refractivity contribution in [3.8, 4) is 0 Å². The van der Waals surface area contributed by atoms with Crippen molar-refractivity contribution in [2.75, 3.05) is 17.6 Å². The second kappa shape index (κ2) is 9.92. The van der Waals surface area contributed by atoms with Crippen LogP contribution in [0.25, 0.3) is 11.0 Å². The maximum Gasteiger partial charge on any atom is 0.232 e. The molecule has 0 aliphatic heterocycles. The molecular weight excluding hydrogens is 412 g/mol. The Labute approximate surface area is 184 Å². The molecule has 0 fully saturated rings. The Morgan fingerprint density at radius 3 is 2.61 bits per heavy atom. The fraction of sp³-hybridized carbons (Fsp3) is 0.333. The van der Waals surface area contributed by atoms with Gasteiger partial charge in [-0.1, -0.05) is 19.9 Å². The third kappa shape index (κ3) is 5.61. The van der Waals surface area contributed by atoms with E-state index in [2.05, 4.69) is 37.5 Å². The zero-order chi connectivity index (χ0) is 22.5. The molecule has 0 aliphatic rings.